The fourth-order valence-corrected chi connectivity index (χ4v) is 1.89. The van der Waals surface area contributed by atoms with Crippen molar-refractivity contribution in [2.45, 2.75) is 18.4 Å². The molecular weight excluding hydrogens is 291 g/mol. The molecule has 8 heteroatoms. The number of ether oxygens (including phenoxy) is 2. The van der Waals surface area contributed by atoms with Crippen LogP contribution in [0.3, 0.4) is 0 Å². The fraction of sp³-hybridized carbons (Fsp3) is 0.462. The molecule has 2 N–H and O–H groups in total. The third kappa shape index (κ3) is 4.61. The summed E-state index contributed by atoms with van der Waals surface area (Å²) in [7, 11) is 0. The van der Waals surface area contributed by atoms with E-state index in [0.717, 1.165) is 12.1 Å². The van der Waals surface area contributed by atoms with E-state index in [4.69, 9.17) is 4.74 Å². The van der Waals surface area contributed by atoms with Crippen LogP contribution in [-0.4, -0.2) is 42.7 Å². The number of rotatable bonds is 4. The van der Waals surface area contributed by atoms with Crippen molar-refractivity contribution in [3.8, 4) is 5.75 Å². The maximum atomic E-state index is 12.0. The number of benzene rings is 1. The van der Waals surface area contributed by atoms with Crippen molar-refractivity contribution < 1.29 is 32.5 Å². The highest BCUT2D eigenvalue weighted by molar-refractivity contribution is 5.94. The van der Waals surface area contributed by atoms with E-state index in [1.165, 1.54) is 12.1 Å². The van der Waals surface area contributed by atoms with Gasteiger partial charge >= 0.3 is 6.36 Å². The molecule has 1 atom stereocenters. The number of amides is 1. The van der Waals surface area contributed by atoms with E-state index >= 15 is 0 Å². The van der Waals surface area contributed by atoms with Crippen LogP contribution in [0.5, 0.6) is 5.75 Å². The van der Waals surface area contributed by atoms with E-state index in [2.05, 4.69) is 10.1 Å². The Morgan fingerprint density at radius 2 is 2.05 bits per heavy atom. The number of carbonyl (C=O) groups excluding carboxylic acids is 1. The molecule has 116 valence electrons. The molecule has 1 aliphatic rings. The van der Waals surface area contributed by atoms with Gasteiger partial charge in [-0.1, -0.05) is 0 Å². The molecule has 21 heavy (non-hydrogen) atoms. The number of nitrogens with one attached hydrogen (secondary N) is 1. The van der Waals surface area contributed by atoms with Gasteiger partial charge in [-0.15, -0.1) is 13.2 Å². The van der Waals surface area contributed by atoms with Gasteiger partial charge in [-0.25, -0.2) is 0 Å². The van der Waals surface area contributed by atoms with E-state index in [-0.39, 0.29) is 18.7 Å². The van der Waals surface area contributed by atoms with E-state index in [1.807, 2.05) is 0 Å². The third-order valence-electron chi connectivity index (χ3n) is 3.01. The minimum atomic E-state index is -4.77. The second-order valence-corrected chi connectivity index (χ2v) is 4.78. The second kappa shape index (κ2) is 5.90. The van der Waals surface area contributed by atoms with Gasteiger partial charge in [0, 0.05) is 25.1 Å². The molecule has 0 saturated carbocycles. The Kier molecular flexibility index (Phi) is 4.38. The molecule has 0 bridgehead atoms. The van der Waals surface area contributed by atoms with Gasteiger partial charge in [0.05, 0.1) is 6.61 Å². The Hall–Kier alpha value is -1.80. The van der Waals surface area contributed by atoms with Crippen LogP contribution in [0.15, 0.2) is 24.3 Å². The number of alkyl halides is 3. The van der Waals surface area contributed by atoms with Crippen molar-refractivity contribution in [1.29, 1.82) is 0 Å². The van der Waals surface area contributed by atoms with Gasteiger partial charge in [0.2, 0.25) is 0 Å². The first-order chi connectivity index (χ1) is 9.77. The molecular formula is C13H14F3NO4. The minimum Gasteiger partial charge on any atom is -0.406 e. The first-order valence-electron chi connectivity index (χ1n) is 6.22. The predicted octanol–water partition coefficient (Wildman–Crippen LogP) is 1.47. The van der Waals surface area contributed by atoms with Crippen molar-refractivity contribution in [3.63, 3.8) is 0 Å². The lowest BCUT2D eigenvalue weighted by molar-refractivity contribution is -0.274. The quantitative estimate of drug-likeness (QED) is 0.884. The summed E-state index contributed by atoms with van der Waals surface area (Å²) >= 11 is 0. The normalized spacial score (nSPS) is 22.1. The van der Waals surface area contributed by atoms with Crippen molar-refractivity contribution >= 4 is 5.91 Å². The van der Waals surface area contributed by atoms with Crippen LogP contribution in [0.25, 0.3) is 0 Å². The average Bonchev–Trinajstić information content (AvgIpc) is 2.82. The van der Waals surface area contributed by atoms with Gasteiger partial charge in [0.1, 0.15) is 11.4 Å². The van der Waals surface area contributed by atoms with Crippen LogP contribution in [0, 0.1) is 0 Å². The van der Waals surface area contributed by atoms with Gasteiger partial charge in [-0.2, -0.15) is 0 Å². The second-order valence-electron chi connectivity index (χ2n) is 4.78. The Morgan fingerprint density at radius 3 is 2.57 bits per heavy atom. The summed E-state index contributed by atoms with van der Waals surface area (Å²) in [4.78, 5) is 11.8. The van der Waals surface area contributed by atoms with Crippen molar-refractivity contribution in [2.24, 2.45) is 0 Å². The number of hydrogen-bond acceptors (Lipinski definition) is 4. The molecule has 1 fully saturated rings. The number of carbonyl (C=O) groups is 1. The molecule has 0 aromatic heterocycles. The molecule has 1 saturated heterocycles. The Balaban J connectivity index is 1.90. The van der Waals surface area contributed by atoms with Crippen LogP contribution < -0.4 is 10.1 Å². The molecule has 0 unspecified atom stereocenters. The SMILES string of the molecule is O=C(NC[C@]1(O)CCOC1)c1ccc(OC(F)(F)F)cc1. The Labute approximate surface area is 118 Å². The molecule has 0 radical (unpaired) electrons. The lowest BCUT2D eigenvalue weighted by Gasteiger charge is -2.20. The van der Waals surface area contributed by atoms with Crippen molar-refractivity contribution in [2.75, 3.05) is 19.8 Å². The van der Waals surface area contributed by atoms with Gasteiger partial charge in [0.15, 0.2) is 0 Å². The number of halogens is 3. The highest BCUT2D eigenvalue weighted by Gasteiger charge is 2.33. The molecule has 1 amide bonds. The van der Waals surface area contributed by atoms with Crippen LogP contribution in [-0.2, 0) is 4.74 Å². The molecule has 1 heterocycles. The monoisotopic (exact) mass is 305 g/mol. The number of hydrogen-bond donors (Lipinski definition) is 2. The van der Waals surface area contributed by atoms with E-state index in [9.17, 15) is 23.1 Å². The van der Waals surface area contributed by atoms with E-state index in [0.29, 0.717) is 13.0 Å². The maximum absolute atomic E-state index is 12.0. The zero-order valence-electron chi connectivity index (χ0n) is 10.9. The molecule has 2 rings (SSSR count). The van der Waals surface area contributed by atoms with Gasteiger partial charge in [0.25, 0.3) is 5.91 Å². The lowest BCUT2D eigenvalue weighted by Crippen LogP contribution is -2.43. The van der Waals surface area contributed by atoms with Crippen molar-refractivity contribution in [3.05, 3.63) is 29.8 Å². The first-order valence-corrected chi connectivity index (χ1v) is 6.22. The summed E-state index contributed by atoms with van der Waals surface area (Å²) in [5.41, 5.74) is -0.915. The Morgan fingerprint density at radius 1 is 1.38 bits per heavy atom. The molecule has 1 aromatic rings. The largest absolute Gasteiger partial charge is 0.573 e. The van der Waals surface area contributed by atoms with E-state index < -0.39 is 23.6 Å². The molecule has 5 nitrogen and oxygen atoms in total. The third-order valence-corrected chi connectivity index (χ3v) is 3.01. The van der Waals surface area contributed by atoms with Crippen LogP contribution in [0.1, 0.15) is 16.8 Å². The van der Waals surface area contributed by atoms with Gasteiger partial charge in [-0.05, 0) is 24.3 Å². The highest BCUT2D eigenvalue weighted by Crippen LogP contribution is 2.23. The first kappa shape index (κ1) is 15.6. The summed E-state index contributed by atoms with van der Waals surface area (Å²) in [5, 5.41) is 12.5. The molecule has 1 aliphatic heterocycles. The fourth-order valence-electron chi connectivity index (χ4n) is 1.89. The zero-order chi connectivity index (χ0) is 15.5. The molecule has 0 spiro atoms. The van der Waals surface area contributed by atoms with E-state index in [1.54, 1.807) is 0 Å². The van der Waals surface area contributed by atoms with Crippen molar-refractivity contribution in [1.82, 2.24) is 5.32 Å². The standard InChI is InChI=1S/C13H14F3NO4/c14-13(15,16)21-10-3-1-9(2-4-10)11(18)17-7-12(19)5-6-20-8-12/h1-4,19H,5-8H2,(H,17,18)/t12-/m1/s1. The van der Waals surface area contributed by atoms with Crippen LogP contribution >= 0.6 is 0 Å². The summed E-state index contributed by atoms with van der Waals surface area (Å²) in [6.07, 6.45) is -4.35. The van der Waals surface area contributed by atoms with Crippen LogP contribution in [0.4, 0.5) is 13.2 Å². The average molecular weight is 305 g/mol. The topological polar surface area (TPSA) is 67.8 Å². The maximum Gasteiger partial charge on any atom is 0.573 e. The summed E-state index contributed by atoms with van der Waals surface area (Å²) < 4.78 is 44.7. The lowest BCUT2D eigenvalue weighted by atomic mass is 10.0. The summed E-state index contributed by atoms with van der Waals surface area (Å²) in [5.74, 6) is -0.893. The molecule has 0 aliphatic carbocycles. The zero-order valence-corrected chi connectivity index (χ0v) is 10.9. The van der Waals surface area contributed by atoms with Crippen LogP contribution in [0.2, 0.25) is 0 Å². The summed E-state index contributed by atoms with van der Waals surface area (Å²) in [6, 6.07) is 4.53. The number of aliphatic hydroxyl groups is 1. The smallest absolute Gasteiger partial charge is 0.406 e. The predicted molar refractivity (Wildman–Crippen MR) is 65.8 cm³/mol. The summed E-state index contributed by atoms with van der Waals surface area (Å²) in [6.45, 7) is 0.591. The minimum absolute atomic E-state index is 0.0205. The highest BCUT2D eigenvalue weighted by atomic mass is 19.4. The molecule has 1 aromatic carbocycles. The van der Waals surface area contributed by atoms with Gasteiger partial charge in [-0.3, -0.25) is 4.79 Å². The Bertz CT molecular complexity index is 495. The van der Waals surface area contributed by atoms with Gasteiger partial charge < -0.3 is 19.9 Å².